The lowest BCUT2D eigenvalue weighted by molar-refractivity contribution is -0.138. The summed E-state index contributed by atoms with van der Waals surface area (Å²) < 4.78 is 0. The third kappa shape index (κ3) is 3.30. The Bertz CT molecular complexity index is 656. The molecule has 1 fully saturated rings. The van der Waals surface area contributed by atoms with Gasteiger partial charge in [0.1, 0.15) is 0 Å². The lowest BCUT2D eigenvalue weighted by Gasteiger charge is -2.30. The van der Waals surface area contributed by atoms with Gasteiger partial charge in [0.15, 0.2) is 0 Å². The zero-order chi connectivity index (χ0) is 16.3. The van der Waals surface area contributed by atoms with Gasteiger partial charge in [0, 0.05) is 20.6 Å². The predicted octanol–water partition coefficient (Wildman–Crippen LogP) is 2.96. The Morgan fingerprint density at radius 3 is 2.26 bits per heavy atom. The van der Waals surface area contributed by atoms with Crippen molar-refractivity contribution in [1.29, 1.82) is 0 Å². The van der Waals surface area contributed by atoms with Crippen LogP contribution >= 0.6 is 0 Å². The Morgan fingerprint density at radius 1 is 1.04 bits per heavy atom. The predicted molar refractivity (Wildman–Crippen MR) is 94.2 cm³/mol. The summed E-state index contributed by atoms with van der Waals surface area (Å²) in [6.07, 6.45) is 1.70. The third-order valence-corrected chi connectivity index (χ3v) is 4.71. The Labute approximate surface area is 138 Å². The molecule has 0 unspecified atom stereocenters. The van der Waals surface area contributed by atoms with Crippen LogP contribution in [-0.2, 0) is 11.2 Å². The first-order valence-electron chi connectivity index (χ1n) is 8.18. The maximum Gasteiger partial charge on any atom is 0.229 e. The molecule has 0 bridgehead atoms. The van der Waals surface area contributed by atoms with Gasteiger partial charge in [-0.2, -0.15) is 0 Å². The second-order valence-corrected chi connectivity index (χ2v) is 6.65. The molecular weight excluding hydrogens is 284 g/mol. The van der Waals surface area contributed by atoms with E-state index < -0.39 is 0 Å². The Kier molecular flexibility index (Phi) is 4.49. The minimum absolute atomic E-state index is 0.231. The van der Waals surface area contributed by atoms with Crippen molar-refractivity contribution >= 4 is 5.91 Å². The van der Waals surface area contributed by atoms with Crippen LogP contribution in [0.15, 0.2) is 54.6 Å². The van der Waals surface area contributed by atoms with Gasteiger partial charge >= 0.3 is 0 Å². The normalized spacial score (nSPS) is 20.4. The first-order chi connectivity index (χ1) is 11.1. The summed E-state index contributed by atoms with van der Waals surface area (Å²) >= 11 is 0. The number of carbonyl (C=O) groups is 1. The van der Waals surface area contributed by atoms with Crippen molar-refractivity contribution in [1.82, 2.24) is 10.2 Å². The molecule has 1 atom stereocenters. The van der Waals surface area contributed by atoms with Crippen LogP contribution in [0.2, 0.25) is 0 Å². The highest BCUT2D eigenvalue weighted by atomic mass is 16.2. The van der Waals surface area contributed by atoms with E-state index in [9.17, 15) is 4.79 Å². The first kappa shape index (κ1) is 15.8. The number of carbonyl (C=O) groups excluding carboxylic acids is 1. The Morgan fingerprint density at radius 2 is 1.70 bits per heavy atom. The highest BCUT2D eigenvalue weighted by Gasteiger charge is 2.42. The molecule has 0 spiro atoms. The fourth-order valence-corrected chi connectivity index (χ4v) is 3.46. The molecule has 1 heterocycles. The molecule has 3 heteroatoms. The number of rotatable bonds is 4. The molecule has 1 saturated heterocycles. The molecule has 0 saturated carbocycles. The van der Waals surface area contributed by atoms with Crippen LogP contribution in [0.3, 0.4) is 0 Å². The average molecular weight is 308 g/mol. The van der Waals surface area contributed by atoms with Crippen LogP contribution in [0.25, 0.3) is 11.1 Å². The largest absolute Gasteiger partial charge is 0.348 e. The molecule has 3 nitrogen and oxygen atoms in total. The number of hydrogen-bond donors (Lipinski definition) is 1. The van der Waals surface area contributed by atoms with Crippen molar-refractivity contribution in [3.63, 3.8) is 0 Å². The van der Waals surface area contributed by atoms with Gasteiger partial charge < -0.3 is 10.2 Å². The van der Waals surface area contributed by atoms with Gasteiger partial charge in [0.2, 0.25) is 5.91 Å². The Balaban J connectivity index is 1.81. The van der Waals surface area contributed by atoms with Crippen molar-refractivity contribution < 1.29 is 4.79 Å². The molecule has 120 valence electrons. The van der Waals surface area contributed by atoms with Crippen molar-refractivity contribution in [2.24, 2.45) is 5.41 Å². The van der Waals surface area contributed by atoms with Crippen molar-refractivity contribution in [2.45, 2.75) is 12.8 Å². The van der Waals surface area contributed by atoms with Gasteiger partial charge in [0.05, 0.1) is 5.41 Å². The van der Waals surface area contributed by atoms with E-state index in [1.54, 1.807) is 4.90 Å². The minimum atomic E-state index is -0.294. The maximum atomic E-state index is 12.6. The molecule has 0 aliphatic carbocycles. The standard InChI is InChI=1S/C20H24N2O/c1-22(2)19(23)20(12-13-21-15-20)14-16-8-10-18(11-9-16)17-6-4-3-5-7-17/h3-11,21H,12-15H2,1-2H3/t20-/m1/s1. The number of nitrogens with one attached hydrogen (secondary N) is 1. The van der Waals surface area contributed by atoms with E-state index in [-0.39, 0.29) is 11.3 Å². The zero-order valence-corrected chi connectivity index (χ0v) is 13.9. The van der Waals surface area contributed by atoms with Gasteiger partial charge in [-0.05, 0) is 36.1 Å². The topological polar surface area (TPSA) is 32.3 Å². The van der Waals surface area contributed by atoms with Crippen molar-refractivity contribution in [3.05, 3.63) is 60.2 Å². The van der Waals surface area contributed by atoms with Crippen LogP contribution in [0.4, 0.5) is 0 Å². The van der Waals surface area contributed by atoms with E-state index in [0.717, 1.165) is 25.9 Å². The molecule has 3 rings (SSSR count). The molecule has 1 aliphatic rings. The summed E-state index contributed by atoms with van der Waals surface area (Å²) in [6.45, 7) is 1.69. The second kappa shape index (κ2) is 6.55. The fraction of sp³-hybridized carbons (Fsp3) is 0.350. The van der Waals surface area contributed by atoms with Gasteiger partial charge in [-0.15, -0.1) is 0 Å². The monoisotopic (exact) mass is 308 g/mol. The van der Waals surface area contributed by atoms with E-state index in [2.05, 4.69) is 53.8 Å². The summed E-state index contributed by atoms with van der Waals surface area (Å²) in [4.78, 5) is 14.4. The van der Waals surface area contributed by atoms with Crippen LogP contribution < -0.4 is 5.32 Å². The smallest absolute Gasteiger partial charge is 0.229 e. The maximum absolute atomic E-state index is 12.6. The first-order valence-corrected chi connectivity index (χ1v) is 8.18. The molecular formula is C20H24N2O. The van der Waals surface area contributed by atoms with Crippen LogP contribution in [0.1, 0.15) is 12.0 Å². The lowest BCUT2D eigenvalue weighted by atomic mass is 9.79. The lowest BCUT2D eigenvalue weighted by Crippen LogP contribution is -2.43. The Hall–Kier alpha value is -2.13. The van der Waals surface area contributed by atoms with Crippen LogP contribution in [-0.4, -0.2) is 38.0 Å². The van der Waals surface area contributed by atoms with E-state index in [4.69, 9.17) is 0 Å². The summed E-state index contributed by atoms with van der Waals surface area (Å²) in [6, 6.07) is 19.0. The highest BCUT2D eigenvalue weighted by Crippen LogP contribution is 2.32. The second-order valence-electron chi connectivity index (χ2n) is 6.65. The SMILES string of the molecule is CN(C)C(=O)[C@@]1(Cc2ccc(-c3ccccc3)cc2)CCNC1. The number of amides is 1. The number of benzene rings is 2. The molecule has 1 aliphatic heterocycles. The van der Waals surface area contributed by atoms with Gasteiger partial charge in [0.25, 0.3) is 0 Å². The minimum Gasteiger partial charge on any atom is -0.348 e. The van der Waals surface area contributed by atoms with E-state index in [1.807, 2.05) is 20.2 Å². The molecule has 23 heavy (non-hydrogen) atoms. The molecule has 1 amide bonds. The molecule has 1 N–H and O–H groups in total. The third-order valence-electron chi connectivity index (χ3n) is 4.71. The summed E-state index contributed by atoms with van der Waals surface area (Å²) in [5.74, 6) is 0.231. The molecule has 2 aromatic carbocycles. The molecule has 0 aromatic heterocycles. The van der Waals surface area contributed by atoms with E-state index in [1.165, 1.54) is 16.7 Å². The molecule has 2 aromatic rings. The van der Waals surface area contributed by atoms with Gasteiger partial charge in [-0.3, -0.25) is 4.79 Å². The van der Waals surface area contributed by atoms with Gasteiger partial charge in [-0.25, -0.2) is 0 Å². The number of hydrogen-bond acceptors (Lipinski definition) is 2. The van der Waals surface area contributed by atoms with Crippen LogP contribution in [0, 0.1) is 5.41 Å². The van der Waals surface area contributed by atoms with Crippen molar-refractivity contribution in [2.75, 3.05) is 27.2 Å². The average Bonchev–Trinajstić information content (AvgIpc) is 3.05. The van der Waals surface area contributed by atoms with E-state index >= 15 is 0 Å². The summed E-state index contributed by atoms with van der Waals surface area (Å²) in [5.41, 5.74) is 3.37. The molecule has 0 radical (unpaired) electrons. The number of nitrogens with zero attached hydrogens (tertiary/aromatic N) is 1. The zero-order valence-electron chi connectivity index (χ0n) is 13.9. The van der Waals surface area contributed by atoms with Crippen LogP contribution in [0.5, 0.6) is 0 Å². The quantitative estimate of drug-likeness (QED) is 0.942. The highest BCUT2D eigenvalue weighted by molar-refractivity contribution is 5.83. The fourth-order valence-electron chi connectivity index (χ4n) is 3.46. The summed E-state index contributed by atoms with van der Waals surface area (Å²) in [7, 11) is 3.70. The van der Waals surface area contributed by atoms with Gasteiger partial charge in [-0.1, -0.05) is 54.6 Å². The summed E-state index contributed by atoms with van der Waals surface area (Å²) in [5, 5.41) is 3.36. The van der Waals surface area contributed by atoms with E-state index in [0.29, 0.717) is 0 Å². The van der Waals surface area contributed by atoms with Crippen molar-refractivity contribution in [3.8, 4) is 11.1 Å².